The predicted octanol–water partition coefficient (Wildman–Crippen LogP) is 3.80. The largest absolute Gasteiger partial charge is 0.213 e. The zero-order valence-electron chi connectivity index (χ0n) is 9.28. The molecule has 0 radical (unpaired) electrons. The monoisotopic (exact) mass is 230 g/mol. The van der Waals surface area contributed by atoms with Crippen molar-refractivity contribution in [1.29, 1.82) is 0 Å². The first kappa shape index (κ1) is 12.0. The lowest BCUT2D eigenvalue weighted by atomic mass is 10.2. The van der Waals surface area contributed by atoms with Crippen molar-refractivity contribution in [2.45, 2.75) is 44.4 Å². The maximum absolute atomic E-state index is 4.48. The number of nitrogens with zero attached hydrogens (tertiary/aromatic N) is 2. The topological polar surface area (TPSA) is 25.8 Å². The molecule has 0 spiro atoms. The van der Waals surface area contributed by atoms with Crippen molar-refractivity contribution in [3.05, 3.63) is 5.82 Å². The number of hydrogen-bond acceptors (Lipinski definition) is 4. The van der Waals surface area contributed by atoms with Gasteiger partial charge in [-0.1, -0.05) is 39.5 Å². The van der Waals surface area contributed by atoms with Gasteiger partial charge in [-0.2, -0.15) is 4.37 Å². The minimum atomic E-state index is 0.450. The van der Waals surface area contributed by atoms with Gasteiger partial charge in [0.15, 0.2) is 4.34 Å². The molecule has 1 aromatic heterocycles. The summed E-state index contributed by atoms with van der Waals surface area (Å²) in [7, 11) is 0. The summed E-state index contributed by atoms with van der Waals surface area (Å²) in [6.07, 6.45) is 1.25. The van der Waals surface area contributed by atoms with Crippen LogP contribution >= 0.6 is 23.3 Å². The van der Waals surface area contributed by atoms with E-state index in [4.69, 9.17) is 0 Å². The predicted molar refractivity (Wildman–Crippen MR) is 64.2 cm³/mol. The molecular weight excluding hydrogens is 212 g/mol. The van der Waals surface area contributed by atoms with Gasteiger partial charge < -0.3 is 0 Å². The number of thioether (sulfide) groups is 1. The molecule has 0 aliphatic heterocycles. The first-order valence-electron chi connectivity index (χ1n) is 5.06. The van der Waals surface area contributed by atoms with Gasteiger partial charge in [-0.25, -0.2) is 4.98 Å². The highest BCUT2D eigenvalue weighted by Crippen LogP contribution is 2.24. The van der Waals surface area contributed by atoms with Crippen molar-refractivity contribution >= 4 is 23.3 Å². The van der Waals surface area contributed by atoms with Crippen LogP contribution in [0.2, 0.25) is 0 Å². The fraction of sp³-hybridized carbons (Fsp3) is 0.800. The molecule has 0 unspecified atom stereocenters. The van der Waals surface area contributed by atoms with Gasteiger partial charge >= 0.3 is 0 Å². The van der Waals surface area contributed by atoms with Crippen molar-refractivity contribution in [3.63, 3.8) is 0 Å². The Kier molecular flexibility index (Phi) is 4.89. The van der Waals surface area contributed by atoms with Crippen molar-refractivity contribution in [2.75, 3.05) is 5.75 Å². The molecule has 0 saturated heterocycles. The highest BCUT2D eigenvalue weighted by atomic mass is 32.2. The second-order valence-electron chi connectivity index (χ2n) is 4.10. The molecule has 0 amide bonds. The summed E-state index contributed by atoms with van der Waals surface area (Å²) in [4.78, 5) is 4.48. The molecule has 0 bridgehead atoms. The van der Waals surface area contributed by atoms with E-state index in [0.29, 0.717) is 5.92 Å². The number of aromatic nitrogens is 2. The Balaban J connectivity index is 2.36. The summed E-state index contributed by atoms with van der Waals surface area (Å²) >= 11 is 3.36. The van der Waals surface area contributed by atoms with Gasteiger partial charge in [0.05, 0.1) is 0 Å². The Morgan fingerprint density at radius 2 is 2.00 bits per heavy atom. The second-order valence-corrected chi connectivity index (χ2v) is 6.20. The molecule has 1 aromatic rings. The lowest BCUT2D eigenvalue weighted by Gasteiger charge is -2.00. The fourth-order valence-electron chi connectivity index (χ4n) is 0.895. The summed E-state index contributed by atoms with van der Waals surface area (Å²) in [5.74, 6) is 3.37. The van der Waals surface area contributed by atoms with Crippen LogP contribution in [0.5, 0.6) is 0 Å². The standard InChI is InChI=1S/C10H18N2S2/c1-7(2)5-6-13-10-11-9(8(3)4)12-14-10/h7-8H,5-6H2,1-4H3. The van der Waals surface area contributed by atoms with Gasteiger partial charge in [-0.3, -0.25) is 0 Å². The SMILES string of the molecule is CC(C)CCSc1nc(C(C)C)ns1. The van der Waals surface area contributed by atoms with E-state index >= 15 is 0 Å². The van der Waals surface area contributed by atoms with Gasteiger partial charge in [0.1, 0.15) is 5.82 Å². The molecule has 14 heavy (non-hydrogen) atoms. The minimum absolute atomic E-state index is 0.450. The van der Waals surface area contributed by atoms with E-state index in [1.807, 2.05) is 11.8 Å². The van der Waals surface area contributed by atoms with Crippen molar-refractivity contribution in [3.8, 4) is 0 Å². The summed E-state index contributed by atoms with van der Waals surface area (Å²) < 4.78 is 5.44. The third-order valence-electron chi connectivity index (χ3n) is 1.86. The molecule has 4 heteroatoms. The maximum Gasteiger partial charge on any atom is 0.170 e. The normalized spacial score (nSPS) is 11.6. The molecule has 2 nitrogen and oxygen atoms in total. The van der Waals surface area contributed by atoms with Gasteiger partial charge in [-0.05, 0) is 23.9 Å². The van der Waals surface area contributed by atoms with Crippen molar-refractivity contribution in [1.82, 2.24) is 9.36 Å². The molecule has 0 fully saturated rings. The summed E-state index contributed by atoms with van der Waals surface area (Å²) in [6, 6.07) is 0. The molecule has 1 rings (SSSR count). The summed E-state index contributed by atoms with van der Waals surface area (Å²) in [5, 5.41) is 0. The summed E-state index contributed by atoms with van der Waals surface area (Å²) in [5.41, 5.74) is 0. The van der Waals surface area contributed by atoms with Crippen molar-refractivity contribution < 1.29 is 0 Å². The highest BCUT2D eigenvalue weighted by molar-refractivity contribution is 8.00. The lowest BCUT2D eigenvalue weighted by molar-refractivity contribution is 0.632. The van der Waals surface area contributed by atoms with Gasteiger partial charge in [0.25, 0.3) is 0 Å². The summed E-state index contributed by atoms with van der Waals surface area (Å²) in [6.45, 7) is 8.76. The Labute approximate surface area is 94.7 Å². The van der Waals surface area contributed by atoms with Crippen LogP contribution in [0.25, 0.3) is 0 Å². The average Bonchev–Trinajstić information content (AvgIpc) is 2.52. The lowest BCUT2D eigenvalue weighted by Crippen LogP contribution is -1.90. The zero-order chi connectivity index (χ0) is 10.6. The van der Waals surface area contributed by atoms with E-state index < -0.39 is 0 Å². The van der Waals surface area contributed by atoms with Crippen LogP contribution in [-0.2, 0) is 0 Å². The minimum Gasteiger partial charge on any atom is -0.213 e. The van der Waals surface area contributed by atoms with E-state index in [2.05, 4.69) is 37.1 Å². The van der Waals surface area contributed by atoms with Crippen LogP contribution in [0.4, 0.5) is 0 Å². The van der Waals surface area contributed by atoms with Crippen LogP contribution in [0, 0.1) is 5.92 Å². The smallest absolute Gasteiger partial charge is 0.170 e. The third kappa shape index (κ3) is 3.96. The average molecular weight is 230 g/mol. The van der Waals surface area contributed by atoms with Crippen LogP contribution in [0.1, 0.15) is 45.9 Å². The molecule has 1 heterocycles. The maximum atomic E-state index is 4.48. The quantitative estimate of drug-likeness (QED) is 0.720. The van der Waals surface area contributed by atoms with Gasteiger partial charge in [-0.15, -0.1) is 0 Å². The van der Waals surface area contributed by atoms with E-state index in [1.54, 1.807) is 0 Å². The molecule has 0 aliphatic carbocycles. The first-order chi connectivity index (χ1) is 6.59. The molecular formula is C10H18N2S2. The Morgan fingerprint density at radius 3 is 2.50 bits per heavy atom. The van der Waals surface area contributed by atoms with Gasteiger partial charge in [0.2, 0.25) is 0 Å². The molecule has 0 N–H and O–H groups in total. The Morgan fingerprint density at radius 1 is 1.29 bits per heavy atom. The van der Waals surface area contributed by atoms with Crippen LogP contribution in [0.15, 0.2) is 4.34 Å². The first-order valence-corrected chi connectivity index (χ1v) is 6.82. The molecule has 0 saturated carbocycles. The second kappa shape index (κ2) is 5.71. The molecule has 0 aromatic carbocycles. The van der Waals surface area contributed by atoms with Crippen LogP contribution < -0.4 is 0 Å². The van der Waals surface area contributed by atoms with E-state index in [9.17, 15) is 0 Å². The Bertz CT molecular complexity index is 269. The van der Waals surface area contributed by atoms with Crippen LogP contribution in [0.3, 0.4) is 0 Å². The molecule has 0 atom stereocenters. The Hall–Kier alpha value is -0.0900. The zero-order valence-corrected chi connectivity index (χ0v) is 10.9. The van der Waals surface area contributed by atoms with E-state index in [0.717, 1.165) is 21.8 Å². The van der Waals surface area contributed by atoms with Gasteiger partial charge in [0, 0.05) is 11.7 Å². The van der Waals surface area contributed by atoms with E-state index in [-0.39, 0.29) is 0 Å². The van der Waals surface area contributed by atoms with Crippen molar-refractivity contribution in [2.24, 2.45) is 5.92 Å². The highest BCUT2D eigenvalue weighted by Gasteiger charge is 2.07. The molecule has 0 aliphatic rings. The fourth-order valence-corrected chi connectivity index (χ4v) is 2.95. The van der Waals surface area contributed by atoms with Crippen LogP contribution in [-0.4, -0.2) is 15.1 Å². The van der Waals surface area contributed by atoms with E-state index in [1.165, 1.54) is 18.0 Å². The number of rotatable bonds is 5. The third-order valence-corrected chi connectivity index (χ3v) is 3.74. The number of hydrogen-bond donors (Lipinski definition) is 0. The molecule has 80 valence electrons.